The molecule has 2 amide bonds. The predicted molar refractivity (Wildman–Crippen MR) is 71.0 cm³/mol. The number of aromatic nitrogens is 2. The predicted octanol–water partition coefficient (Wildman–Crippen LogP) is 3.06. The SMILES string of the molecule is O=C(Nc1ccncc1)Nc1ncc(C2CC2)s1. The van der Waals surface area contributed by atoms with Crippen molar-refractivity contribution in [3.63, 3.8) is 0 Å². The highest BCUT2D eigenvalue weighted by Crippen LogP contribution is 2.43. The van der Waals surface area contributed by atoms with Crippen LogP contribution in [0.1, 0.15) is 23.6 Å². The molecule has 1 aliphatic carbocycles. The summed E-state index contributed by atoms with van der Waals surface area (Å²) in [5.41, 5.74) is 0.710. The lowest BCUT2D eigenvalue weighted by atomic mass is 10.4. The summed E-state index contributed by atoms with van der Waals surface area (Å²) in [6.07, 6.45) is 7.59. The van der Waals surface area contributed by atoms with E-state index in [-0.39, 0.29) is 6.03 Å². The Hall–Kier alpha value is -1.95. The molecule has 3 rings (SSSR count). The number of urea groups is 1. The van der Waals surface area contributed by atoms with E-state index in [0.29, 0.717) is 16.7 Å². The van der Waals surface area contributed by atoms with E-state index in [0.717, 1.165) is 0 Å². The average molecular weight is 260 g/mol. The first-order valence-electron chi connectivity index (χ1n) is 5.75. The Balaban J connectivity index is 1.59. The van der Waals surface area contributed by atoms with Gasteiger partial charge in [0.05, 0.1) is 0 Å². The first-order chi connectivity index (χ1) is 8.81. The van der Waals surface area contributed by atoms with Crippen LogP contribution in [0.4, 0.5) is 15.6 Å². The number of thiazole rings is 1. The molecule has 0 unspecified atom stereocenters. The van der Waals surface area contributed by atoms with E-state index >= 15 is 0 Å². The van der Waals surface area contributed by atoms with Crippen LogP contribution < -0.4 is 10.6 Å². The van der Waals surface area contributed by atoms with Crippen molar-refractivity contribution in [2.75, 3.05) is 10.6 Å². The summed E-state index contributed by atoms with van der Waals surface area (Å²) in [5.74, 6) is 0.668. The molecule has 2 heterocycles. The van der Waals surface area contributed by atoms with Crippen LogP contribution in [0, 0.1) is 0 Å². The van der Waals surface area contributed by atoms with Gasteiger partial charge in [0, 0.05) is 29.2 Å². The zero-order chi connectivity index (χ0) is 12.4. The number of amides is 2. The Bertz CT molecular complexity index is 550. The number of hydrogen-bond acceptors (Lipinski definition) is 4. The number of carbonyl (C=O) groups is 1. The molecule has 2 aromatic rings. The van der Waals surface area contributed by atoms with Gasteiger partial charge in [-0.2, -0.15) is 0 Å². The van der Waals surface area contributed by atoms with E-state index in [9.17, 15) is 4.79 Å². The third kappa shape index (κ3) is 2.65. The number of nitrogens with zero attached hydrogens (tertiary/aromatic N) is 2. The van der Waals surface area contributed by atoms with E-state index in [4.69, 9.17) is 0 Å². The zero-order valence-electron chi connectivity index (χ0n) is 9.59. The topological polar surface area (TPSA) is 66.9 Å². The summed E-state index contributed by atoms with van der Waals surface area (Å²) in [6.45, 7) is 0. The molecule has 5 nitrogen and oxygen atoms in total. The van der Waals surface area contributed by atoms with Crippen molar-refractivity contribution in [2.24, 2.45) is 0 Å². The lowest BCUT2D eigenvalue weighted by Crippen LogP contribution is -2.19. The van der Waals surface area contributed by atoms with Crippen LogP contribution in [0.5, 0.6) is 0 Å². The maximum atomic E-state index is 11.7. The summed E-state index contributed by atoms with van der Waals surface area (Å²) in [5, 5.41) is 6.09. The number of carbonyl (C=O) groups excluding carboxylic acids is 1. The fraction of sp³-hybridized carbons (Fsp3) is 0.250. The van der Waals surface area contributed by atoms with Crippen molar-refractivity contribution in [1.82, 2.24) is 9.97 Å². The van der Waals surface area contributed by atoms with Gasteiger partial charge in [0.25, 0.3) is 0 Å². The second-order valence-corrected chi connectivity index (χ2v) is 5.22. The normalized spacial score (nSPS) is 14.2. The Morgan fingerprint density at radius 2 is 2.06 bits per heavy atom. The smallest absolute Gasteiger partial charge is 0.308 e. The van der Waals surface area contributed by atoms with Crippen LogP contribution >= 0.6 is 11.3 Å². The molecule has 18 heavy (non-hydrogen) atoms. The highest BCUT2D eigenvalue weighted by Gasteiger charge is 2.25. The number of pyridine rings is 1. The van der Waals surface area contributed by atoms with Crippen LogP contribution in [0.25, 0.3) is 0 Å². The van der Waals surface area contributed by atoms with Gasteiger partial charge in [-0.3, -0.25) is 10.3 Å². The van der Waals surface area contributed by atoms with Gasteiger partial charge in [0.1, 0.15) is 0 Å². The summed E-state index contributed by atoms with van der Waals surface area (Å²) < 4.78 is 0. The van der Waals surface area contributed by atoms with Gasteiger partial charge in [-0.1, -0.05) is 0 Å². The van der Waals surface area contributed by atoms with Crippen molar-refractivity contribution >= 4 is 28.2 Å². The van der Waals surface area contributed by atoms with Crippen LogP contribution in [-0.4, -0.2) is 16.0 Å². The number of anilines is 2. The van der Waals surface area contributed by atoms with Crippen LogP contribution in [0.2, 0.25) is 0 Å². The van der Waals surface area contributed by atoms with Gasteiger partial charge in [0.2, 0.25) is 0 Å². The summed E-state index contributed by atoms with van der Waals surface area (Å²) in [7, 11) is 0. The van der Waals surface area contributed by atoms with E-state index < -0.39 is 0 Å². The molecule has 1 aliphatic rings. The molecule has 1 saturated carbocycles. The molecule has 6 heteroatoms. The van der Waals surface area contributed by atoms with Gasteiger partial charge < -0.3 is 5.32 Å². The third-order valence-corrected chi connectivity index (χ3v) is 3.74. The van der Waals surface area contributed by atoms with E-state index in [2.05, 4.69) is 20.6 Å². The molecule has 0 aliphatic heterocycles. The molecular weight excluding hydrogens is 248 g/mol. The van der Waals surface area contributed by atoms with Crippen LogP contribution in [0.15, 0.2) is 30.7 Å². The Kier molecular flexibility index (Phi) is 2.93. The molecule has 0 radical (unpaired) electrons. The third-order valence-electron chi connectivity index (χ3n) is 2.66. The quantitative estimate of drug-likeness (QED) is 0.891. The maximum absolute atomic E-state index is 11.7. The second kappa shape index (κ2) is 4.73. The van der Waals surface area contributed by atoms with Gasteiger partial charge in [-0.15, -0.1) is 11.3 Å². The van der Waals surface area contributed by atoms with E-state index in [1.807, 2.05) is 6.20 Å². The Labute approximate surface area is 108 Å². The molecule has 92 valence electrons. The largest absolute Gasteiger partial charge is 0.325 e. The van der Waals surface area contributed by atoms with Crippen molar-refractivity contribution in [2.45, 2.75) is 18.8 Å². The molecular formula is C12H12N4OS. The summed E-state index contributed by atoms with van der Waals surface area (Å²) in [4.78, 5) is 21.0. The van der Waals surface area contributed by atoms with Gasteiger partial charge in [-0.25, -0.2) is 9.78 Å². The lowest BCUT2D eigenvalue weighted by molar-refractivity contribution is 0.262. The minimum Gasteiger partial charge on any atom is -0.308 e. The fourth-order valence-corrected chi connectivity index (χ4v) is 2.58. The van der Waals surface area contributed by atoms with Crippen LogP contribution in [0.3, 0.4) is 0 Å². The van der Waals surface area contributed by atoms with Gasteiger partial charge in [-0.05, 0) is 30.9 Å². The van der Waals surface area contributed by atoms with Crippen molar-refractivity contribution in [3.8, 4) is 0 Å². The molecule has 0 aromatic carbocycles. The molecule has 0 spiro atoms. The first kappa shape index (κ1) is 11.2. The lowest BCUT2D eigenvalue weighted by Gasteiger charge is -2.04. The highest BCUT2D eigenvalue weighted by atomic mass is 32.1. The molecule has 1 fully saturated rings. The second-order valence-electron chi connectivity index (χ2n) is 4.16. The first-order valence-corrected chi connectivity index (χ1v) is 6.56. The fourth-order valence-electron chi connectivity index (χ4n) is 1.60. The Morgan fingerprint density at radius 3 is 2.78 bits per heavy atom. The molecule has 0 saturated heterocycles. The zero-order valence-corrected chi connectivity index (χ0v) is 10.4. The maximum Gasteiger partial charge on any atom is 0.325 e. The number of rotatable bonds is 3. The molecule has 0 bridgehead atoms. The summed E-state index contributed by atoms with van der Waals surface area (Å²) >= 11 is 1.55. The van der Waals surface area contributed by atoms with E-state index in [1.165, 1.54) is 17.7 Å². The molecule has 2 N–H and O–H groups in total. The Morgan fingerprint density at radius 1 is 1.28 bits per heavy atom. The number of nitrogens with one attached hydrogen (secondary N) is 2. The minimum atomic E-state index is -0.280. The monoisotopic (exact) mass is 260 g/mol. The summed E-state index contributed by atoms with van der Waals surface area (Å²) in [6, 6.07) is 3.19. The highest BCUT2D eigenvalue weighted by molar-refractivity contribution is 7.15. The van der Waals surface area contributed by atoms with E-state index in [1.54, 1.807) is 35.9 Å². The van der Waals surface area contributed by atoms with Crippen molar-refractivity contribution in [1.29, 1.82) is 0 Å². The molecule has 0 atom stereocenters. The van der Waals surface area contributed by atoms with Crippen molar-refractivity contribution in [3.05, 3.63) is 35.6 Å². The van der Waals surface area contributed by atoms with Gasteiger partial charge >= 0.3 is 6.03 Å². The standard InChI is InChI=1S/C12H12N4OS/c17-11(15-9-3-5-13-6-4-9)16-12-14-7-10(18-12)8-1-2-8/h3-8H,1-2H2,(H2,13,14,15,16,17). The van der Waals surface area contributed by atoms with Gasteiger partial charge in [0.15, 0.2) is 5.13 Å². The average Bonchev–Trinajstić information content (AvgIpc) is 3.12. The van der Waals surface area contributed by atoms with Crippen molar-refractivity contribution < 1.29 is 4.79 Å². The minimum absolute atomic E-state index is 0.280. The molecule has 2 aromatic heterocycles. The number of hydrogen-bond donors (Lipinski definition) is 2. The van der Waals surface area contributed by atoms with Crippen LogP contribution in [-0.2, 0) is 0 Å².